The summed E-state index contributed by atoms with van der Waals surface area (Å²) in [6.07, 6.45) is 3.32. The zero-order chi connectivity index (χ0) is 16.1. The minimum Gasteiger partial charge on any atom is -0.354 e. The lowest BCUT2D eigenvalue weighted by Gasteiger charge is -2.23. The number of halogens is 1. The van der Waals surface area contributed by atoms with Crippen LogP contribution >= 0.6 is 11.3 Å². The Morgan fingerprint density at radius 1 is 1.39 bits per heavy atom. The van der Waals surface area contributed by atoms with Gasteiger partial charge in [-0.2, -0.15) is 0 Å². The largest absolute Gasteiger partial charge is 0.354 e. The van der Waals surface area contributed by atoms with Crippen LogP contribution in [-0.2, 0) is 17.8 Å². The third-order valence-corrected chi connectivity index (χ3v) is 4.77. The van der Waals surface area contributed by atoms with Gasteiger partial charge in [-0.05, 0) is 23.9 Å². The van der Waals surface area contributed by atoms with Crippen molar-refractivity contribution in [2.24, 2.45) is 0 Å². The van der Waals surface area contributed by atoms with Gasteiger partial charge in [0.15, 0.2) is 0 Å². The van der Waals surface area contributed by atoms with E-state index < -0.39 is 6.17 Å². The number of hydrogen-bond donors (Lipinski definition) is 1. The van der Waals surface area contributed by atoms with Gasteiger partial charge in [0.2, 0.25) is 5.91 Å². The monoisotopic (exact) mass is 334 g/mol. The van der Waals surface area contributed by atoms with Crippen molar-refractivity contribution < 1.29 is 9.18 Å². The summed E-state index contributed by atoms with van der Waals surface area (Å²) < 4.78 is 13.8. The van der Waals surface area contributed by atoms with Crippen molar-refractivity contribution in [1.29, 1.82) is 0 Å². The van der Waals surface area contributed by atoms with Gasteiger partial charge < -0.3 is 5.32 Å². The Morgan fingerprint density at radius 2 is 2.22 bits per heavy atom. The molecule has 3 rings (SSSR count). The number of hydrogen-bond acceptors (Lipinski definition) is 5. The number of carbonyl (C=O) groups is 1. The molecule has 7 heteroatoms. The Hall–Kier alpha value is -1.86. The molecule has 0 aliphatic carbocycles. The molecule has 2 aromatic heterocycles. The highest BCUT2D eigenvalue weighted by Crippen LogP contribution is 2.21. The fourth-order valence-electron chi connectivity index (χ4n) is 2.79. The minimum atomic E-state index is -0.863. The number of thiophene rings is 1. The van der Waals surface area contributed by atoms with Crippen LogP contribution in [0.4, 0.5) is 4.39 Å². The Labute approximate surface area is 138 Å². The number of aromatic nitrogens is 2. The van der Waals surface area contributed by atoms with Gasteiger partial charge in [0.1, 0.15) is 12.0 Å². The number of amides is 1. The summed E-state index contributed by atoms with van der Waals surface area (Å²) in [4.78, 5) is 23.4. The third kappa shape index (κ3) is 4.56. The van der Waals surface area contributed by atoms with Crippen LogP contribution < -0.4 is 5.32 Å². The fourth-order valence-corrected chi connectivity index (χ4v) is 3.49. The van der Waals surface area contributed by atoms with Crippen molar-refractivity contribution in [3.05, 3.63) is 46.7 Å². The molecule has 0 aromatic carbocycles. The van der Waals surface area contributed by atoms with E-state index in [-0.39, 0.29) is 11.9 Å². The first kappa shape index (κ1) is 16.0. The summed E-state index contributed by atoms with van der Waals surface area (Å²) in [5, 5.41) is 4.87. The second kappa shape index (κ2) is 7.61. The van der Waals surface area contributed by atoms with Gasteiger partial charge in [-0.1, -0.05) is 6.07 Å². The molecule has 0 spiro atoms. The fraction of sp³-hybridized carbons (Fsp3) is 0.438. The molecule has 1 aliphatic heterocycles. The molecule has 1 fully saturated rings. The number of alkyl halides is 1. The van der Waals surface area contributed by atoms with Crippen LogP contribution in [0.3, 0.4) is 0 Å². The van der Waals surface area contributed by atoms with Gasteiger partial charge in [-0.3, -0.25) is 9.69 Å². The lowest BCUT2D eigenvalue weighted by molar-refractivity contribution is -0.120. The summed E-state index contributed by atoms with van der Waals surface area (Å²) in [6.45, 7) is 1.33. The van der Waals surface area contributed by atoms with Crippen molar-refractivity contribution in [1.82, 2.24) is 20.2 Å². The van der Waals surface area contributed by atoms with Gasteiger partial charge in [0, 0.05) is 36.4 Å². The average molecular weight is 334 g/mol. The van der Waals surface area contributed by atoms with Crippen LogP contribution in [0.15, 0.2) is 36.0 Å². The second-order valence-corrected chi connectivity index (χ2v) is 6.67. The summed E-state index contributed by atoms with van der Waals surface area (Å²) >= 11 is 1.56. The summed E-state index contributed by atoms with van der Waals surface area (Å²) in [5.74, 6) is 0.655. The Balaban J connectivity index is 1.52. The number of nitrogens with one attached hydrogen (secondary N) is 1. The molecule has 0 bridgehead atoms. The number of carbonyl (C=O) groups excluding carboxylic acids is 1. The first-order valence-electron chi connectivity index (χ1n) is 7.64. The number of rotatable bonds is 6. The molecule has 1 aliphatic rings. The normalized spacial score (nSPS) is 21.4. The minimum absolute atomic E-state index is 0.0129. The first-order valence-corrected chi connectivity index (χ1v) is 8.52. The molecule has 0 unspecified atom stereocenters. The Bertz CT molecular complexity index is 622. The van der Waals surface area contributed by atoms with Crippen LogP contribution in [0.2, 0.25) is 0 Å². The molecule has 1 saturated heterocycles. The molecule has 1 N–H and O–H groups in total. The lowest BCUT2D eigenvalue weighted by atomic mass is 10.2. The van der Waals surface area contributed by atoms with E-state index in [1.165, 1.54) is 0 Å². The van der Waals surface area contributed by atoms with E-state index in [0.29, 0.717) is 38.3 Å². The second-order valence-electron chi connectivity index (χ2n) is 5.64. The molecule has 5 nitrogen and oxygen atoms in total. The zero-order valence-electron chi connectivity index (χ0n) is 12.7. The summed E-state index contributed by atoms with van der Waals surface area (Å²) in [5.41, 5.74) is 0. The molecule has 0 saturated carbocycles. The van der Waals surface area contributed by atoms with Crippen LogP contribution in [0.1, 0.15) is 17.1 Å². The van der Waals surface area contributed by atoms with E-state index in [0.717, 1.165) is 4.88 Å². The number of likely N-dealkylation sites (tertiary alicyclic amines) is 1. The van der Waals surface area contributed by atoms with Gasteiger partial charge in [-0.15, -0.1) is 11.3 Å². The Morgan fingerprint density at radius 3 is 2.96 bits per heavy atom. The van der Waals surface area contributed by atoms with E-state index in [9.17, 15) is 9.18 Å². The molecule has 2 atom stereocenters. The standard InChI is InChI=1S/C16H19FN4OS/c17-12-7-13(9-20-16(22)8-14-3-1-6-23-14)21(10-12)11-15-18-4-2-5-19-15/h1-6,12-13H,7-11H2,(H,20,22)/t12-,13-/m0/s1. The molecule has 122 valence electrons. The highest BCUT2D eigenvalue weighted by Gasteiger charge is 2.32. The maximum Gasteiger partial charge on any atom is 0.225 e. The van der Waals surface area contributed by atoms with Crippen LogP contribution in [0.25, 0.3) is 0 Å². The van der Waals surface area contributed by atoms with Gasteiger partial charge in [-0.25, -0.2) is 14.4 Å². The Kier molecular flexibility index (Phi) is 5.30. The van der Waals surface area contributed by atoms with E-state index in [1.807, 2.05) is 22.4 Å². The van der Waals surface area contributed by atoms with Crippen LogP contribution in [-0.4, -0.2) is 46.1 Å². The molecular formula is C16H19FN4OS. The van der Waals surface area contributed by atoms with E-state index in [2.05, 4.69) is 15.3 Å². The highest BCUT2D eigenvalue weighted by atomic mass is 32.1. The molecule has 3 heterocycles. The molecule has 1 amide bonds. The van der Waals surface area contributed by atoms with Crippen LogP contribution in [0, 0.1) is 0 Å². The van der Waals surface area contributed by atoms with Gasteiger partial charge >= 0.3 is 0 Å². The zero-order valence-corrected chi connectivity index (χ0v) is 13.5. The van der Waals surface area contributed by atoms with Crippen molar-refractivity contribution in [3.8, 4) is 0 Å². The molecule has 23 heavy (non-hydrogen) atoms. The highest BCUT2D eigenvalue weighted by molar-refractivity contribution is 7.10. The topological polar surface area (TPSA) is 58.1 Å². The van der Waals surface area contributed by atoms with E-state index in [4.69, 9.17) is 0 Å². The third-order valence-electron chi connectivity index (χ3n) is 3.89. The van der Waals surface area contributed by atoms with Crippen molar-refractivity contribution in [2.45, 2.75) is 31.6 Å². The van der Waals surface area contributed by atoms with Crippen molar-refractivity contribution in [3.63, 3.8) is 0 Å². The molecular weight excluding hydrogens is 315 g/mol. The predicted molar refractivity (Wildman–Crippen MR) is 86.8 cm³/mol. The van der Waals surface area contributed by atoms with Gasteiger partial charge in [0.05, 0.1) is 13.0 Å². The average Bonchev–Trinajstić information content (AvgIpc) is 3.16. The first-order chi connectivity index (χ1) is 11.2. The quantitative estimate of drug-likeness (QED) is 0.875. The van der Waals surface area contributed by atoms with Crippen molar-refractivity contribution >= 4 is 17.2 Å². The maximum atomic E-state index is 13.8. The van der Waals surface area contributed by atoms with Crippen molar-refractivity contribution in [2.75, 3.05) is 13.1 Å². The smallest absolute Gasteiger partial charge is 0.225 e. The van der Waals surface area contributed by atoms with Crippen LogP contribution in [0.5, 0.6) is 0 Å². The lowest BCUT2D eigenvalue weighted by Crippen LogP contribution is -2.40. The number of nitrogens with zero attached hydrogens (tertiary/aromatic N) is 3. The summed E-state index contributed by atoms with van der Waals surface area (Å²) in [7, 11) is 0. The molecule has 0 radical (unpaired) electrons. The summed E-state index contributed by atoms with van der Waals surface area (Å²) in [6, 6.07) is 5.62. The van der Waals surface area contributed by atoms with Gasteiger partial charge in [0.25, 0.3) is 0 Å². The maximum absolute atomic E-state index is 13.8. The molecule has 2 aromatic rings. The SMILES string of the molecule is O=C(Cc1cccs1)NC[C@@H]1C[C@H](F)CN1Cc1ncccn1. The van der Waals surface area contributed by atoms with E-state index in [1.54, 1.807) is 29.8 Å². The van der Waals surface area contributed by atoms with E-state index >= 15 is 0 Å². The predicted octanol–water partition coefficient (Wildman–Crippen LogP) is 1.81.